The van der Waals surface area contributed by atoms with Gasteiger partial charge in [-0.1, -0.05) is 24.3 Å². The SMILES string of the molecule is Cc1ccc(NC(=O)c2ccc(CN3CCN(C)CC3)cc2)cc1Nc1ncc(-c2cccnc2)cn1. The number of nitrogens with zero attached hydrogens (tertiary/aromatic N) is 5. The van der Waals surface area contributed by atoms with Gasteiger partial charge >= 0.3 is 0 Å². The molecule has 0 aliphatic carbocycles. The Morgan fingerprint density at radius 1 is 0.919 bits per heavy atom. The molecule has 37 heavy (non-hydrogen) atoms. The van der Waals surface area contributed by atoms with Gasteiger partial charge in [-0.15, -0.1) is 0 Å². The van der Waals surface area contributed by atoms with Gasteiger partial charge in [-0.25, -0.2) is 9.97 Å². The van der Waals surface area contributed by atoms with E-state index in [9.17, 15) is 4.79 Å². The molecule has 188 valence electrons. The van der Waals surface area contributed by atoms with Crippen molar-refractivity contribution in [2.45, 2.75) is 13.5 Å². The van der Waals surface area contributed by atoms with E-state index >= 15 is 0 Å². The van der Waals surface area contributed by atoms with Gasteiger partial charge in [0.15, 0.2) is 0 Å². The van der Waals surface area contributed by atoms with Crippen molar-refractivity contribution in [3.8, 4) is 11.1 Å². The summed E-state index contributed by atoms with van der Waals surface area (Å²) in [5.41, 5.74) is 6.25. The zero-order chi connectivity index (χ0) is 25.6. The van der Waals surface area contributed by atoms with Crippen LogP contribution in [0, 0.1) is 6.92 Å². The van der Waals surface area contributed by atoms with E-state index in [0.717, 1.165) is 55.1 Å². The molecule has 2 N–H and O–H groups in total. The normalized spacial score (nSPS) is 14.3. The molecule has 3 heterocycles. The number of nitrogens with one attached hydrogen (secondary N) is 2. The van der Waals surface area contributed by atoms with E-state index in [1.54, 1.807) is 24.8 Å². The molecule has 8 heteroatoms. The van der Waals surface area contributed by atoms with Crippen LogP contribution in [0.1, 0.15) is 21.5 Å². The minimum atomic E-state index is -0.141. The molecule has 1 amide bonds. The second kappa shape index (κ2) is 11.3. The minimum absolute atomic E-state index is 0.141. The first kappa shape index (κ1) is 24.5. The van der Waals surface area contributed by atoms with Crippen molar-refractivity contribution in [3.05, 3.63) is 96.1 Å². The van der Waals surface area contributed by atoms with Gasteiger partial charge in [-0.05, 0) is 55.4 Å². The van der Waals surface area contributed by atoms with Gasteiger partial charge in [-0.3, -0.25) is 14.7 Å². The van der Waals surface area contributed by atoms with Crippen molar-refractivity contribution in [2.24, 2.45) is 0 Å². The topological polar surface area (TPSA) is 86.3 Å². The lowest BCUT2D eigenvalue weighted by Gasteiger charge is -2.32. The van der Waals surface area contributed by atoms with E-state index in [2.05, 4.69) is 42.4 Å². The van der Waals surface area contributed by atoms with Crippen molar-refractivity contribution in [3.63, 3.8) is 0 Å². The maximum atomic E-state index is 12.9. The van der Waals surface area contributed by atoms with Gasteiger partial charge in [-0.2, -0.15) is 0 Å². The molecule has 2 aromatic heterocycles. The van der Waals surface area contributed by atoms with Crippen LogP contribution in [-0.2, 0) is 6.54 Å². The van der Waals surface area contributed by atoms with E-state index in [1.807, 2.05) is 61.5 Å². The first-order valence-corrected chi connectivity index (χ1v) is 12.4. The van der Waals surface area contributed by atoms with Crippen LogP contribution < -0.4 is 10.6 Å². The molecule has 1 saturated heterocycles. The van der Waals surface area contributed by atoms with Gasteiger partial charge < -0.3 is 15.5 Å². The van der Waals surface area contributed by atoms with Crippen LogP contribution in [0.25, 0.3) is 11.1 Å². The van der Waals surface area contributed by atoms with Gasteiger partial charge in [0.25, 0.3) is 5.91 Å². The van der Waals surface area contributed by atoms with E-state index < -0.39 is 0 Å². The summed E-state index contributed by atoms with van der Waals surface area (Å²) in [6.45, 7) is 7.24. The highest BCUT2D eigenvalue weighted by atomic mass is 16.1. The second-order valence-electron chi connectivity index (χ2n) is 9.42. The third-order valence-corrected chi connectivity index (χ3v) is 6.61. The summed E-state index contributed by atoms with van der Waals surface area (Å²) in [6.07, 6.45) is 7.05. The number of amides is 1. The number of anilines is 3. The van der Waals surface area contributed by atoms with Crippen molar-refractivity contribution in [2.75, 3.05) is 43.9 Å². The Hall–Kier alpha value is -4.14. The standard InChI is InChI=1S/C29H31N7O/c1-21-5-10-26(16-27(21)34-29-31-18-25(19-32-29)24-4-3-11-30-17-24)33-28(37)23-8-6-22(7-9-23)20-36-14-12-35(2)13-15-36/h3-11,16-19H,12-15,20H2,1-2H3,(H,33,37)(H,31,32,34). The predicted molar refractivity (Wildman–Crippen MR) is 147 cm³/mol. The summed E-state index contributed by atoms with van der Waals surface area (Å²) in [7, 11) is 2.16. The molecule has 1 fully saturated rings. The second-order valence-corrected chi connectivity index (χ2v) is 9.42. The van der Waals surface area contributed by atoms with Crippen molar-refractivity contribution in [1.82, 2.24) is 24.8 Å². The zero-order valence-electron chi connectivity index (χ0n) is 21.2. The summed E-state index contributed by atoms with van der Waals surface area (Å²) in [6, 6.07) is 17.5. The Kier molecular flexibility index (Phi) is 7.49. The highest BCUT2D eigenvalue weighted by molar-refractivity contribution is 6.04. The van der Waals surface area contributed by atoms with Crippen molar-refractivity contribution >= 4 is 23.2 Å². The number of carbonyl (C=O) groups is 1. The number of carbonyl (C=O) groups excluding carboxylic acids is 1. The number of hydrogen-bond donors (Lipinski definition) is 2. The minimum Gasteiger partial charge on any atom is -0.324 e. The van der Waals surface area contributed by atoms with Gasteiger partial charge in [0.1, 0.15) is 0 Å². The van der Waals surface area contributed by atoms with Crippen LogP contribution in [0.4, 0.5) is 17.3 Å². The average Bonchev–Trinajstić information content (AvgIpc) is 2.93. The molecule has 1 aliphatic rings. The molecule has 0 bridgehead atoms. The lowest BCUT2D eigenvalue weighted by molar-refractivity contribution is 0.102. The Balaban J connectivity index is 1.21. The Labute approximate surface area is 217 Å². The fraction of sp³-hybridized carbons (Fsp3) is 0.241. The first-order valence-electron chi connectivity index (χ1n) is 12.4. The average molecular weight is 494 g/mol. The number of likely N-dealkylation sites (N-methyl/N-ethyl adjacent to an activating group) is 1. The Morgan fingerprint density at radius 2 is 1.68 bits per heavy atom. The number of benzene rings is 2. The molecule has 2 aromatic carbocycles. The van der Waals surface area contributed by atoms with Crippen molar-refractivity contribution in [1.29, 1.82) is 0 Å². The van der Waals surface area contributed by atoms with Crippen molar-refractivity contribution < 1.29 is 4.79 Å². The number of rotatable bonds is 7. The number of aryl methyl sites for hydroxylation is 1. The fourth-order valence-corrected chi connectivity index (χ4v) is 4.26. The molecular formula is C29H31N7O. The lowest BCUT2D eigenvalue weighted by atomic mass is 10.1. The fourth-order valence-electron chi connectivity index (χ4n) is 4.26. The summed E-state index contributed by atoms with van der Waals surface area (Å²) in [5.74, 6) is 0.341. The molecule has 4 aromatic rings. The third-order valence-electron chi connectivity index (χ3n) is 6.61. The van der Waals surface area contributed by atoms with Crippen LogP contribution in [0.3, 0.4) is 0 Å². The Bertz CT molecular complexity index is 1330. The van der Waals surface area contributed by atoms with Gasteiger partial charge in [0.05, 0.1) is 0 Å². The number of pyridine rings is 1. The molecule has 0 spiro atoms. The number of aromatic nitrogens is 3. The molecule has 5 rings (SSSR count). The van der Waals surface area contributed by atoms with E-state index in [-0.39, 0.29) is 5.91 Å². The number of piperazine rings is 1. The summed E-state index contributed by atoms with van der Waals surface area (Å²) >= 11 is 0. The molecule has 1 aliphatic heterocycles. The molecule has 8 nitrogen and oxygen atoms in total. The first-order chi connectivity index (χ1) is 18.0. The van der Waals surface area contributed by atoms with Gasteiger partial charge in [0, 0.05) is 85.6 Å². The predicted octanol–water partition coefficient (Wildman–Crippen LogP) is 4.59. The van der Waals surface area contributed by atoms with Crippen LogP contribution >= 0.6 is 0 Å². The highest BCUT2D eigenvalue weighted by Gasteiger charge is 2.14. The highest BCUT2D eigenvalue weighted by Crippen LogP contribution is 2.24. The molecule has 0 atom stereocenters. The zero-order valence-corrected chi connectivity index (χ0v) is 21.2. The van der Waals surface area contributed by atoms with Crippen LogP contribution in [0.2, 0.25) is 0 Å². The van der Waals surface area contributed by atoms with Crippen LogP contribution in [-0.4, -0.2) is 63.9 Å². The van der Waals surface area contributed by atoms with E-state index in [4.69, 9.17) is 0 Å². The van der Waals surface area contributed by atoms with E-state index in [0.29, 0.717) is 17.2 Å². The molecule has 0 saturated carbocycles. The third kappa shape index (κ3) is 6.35. The molecular weight excluding hydrogens is 462 g/mol. The Morgan fingerprint density at radius 3 is 2.38 bits per heavy atom. The summed E-state index contributed by atoms with van der Waals surface area (Å²) in [5, 5.41) is 6.26. The largest absolute Gasteiger partial charge is 0.324 e. The number of hydrogen-bond acceptors (Lipinski definition) is 7. The maximum Gasteiger partial charge on any atom is 0.255 e. The summed E-state index contributed by atoms with van der Waals surface area (Å²) < 4.78 is 0. The molecule has 0 unspecified atom stereocenters. The van der Waals surface area contributed by atoms with E-state index in [1.165, 1.54) is 5.56 Å². The quantitative estimate of drug-likeness (QED) is 0.389. The lowest BCUT2D eigenvalue weighted by Crippen LogP contribution is -2.43. The molecule has 0 radical (unpaired) electrons. The van der Waals surface area contributed by atoms with Crippen LogP contribution in [0.5, 0.6) is 0 Å². The smallest absolute Gasteiger partial charge is 0.255 e. The summed E-state index contributed by atoms with van der Waals surface area (Å²) in [4.78, 5) is 30.7. The van der Waals surface area contributed by atoms with Crippen LogP contribution in [0.15, 0.2) is 79.4 Å². The monoisotopic (exact) mass is 493 g/mol. The maximum absolute atomic E-state index is 12.9. The van der Waals surface area contributed by atoms with Gasteiger partial charge in [0.2, 0.25) is 5.95 Å².